The van der Waals surface area contributed by atoms with Crippen LogP contribution in [0.3, 0.4) is 0 Å². The highest BCUT2D eigenvalue weighted by Gasteiger charge is 2.39. The van der Waals surface area contributed by atoms with E-state index in [1.54, 1.807) is 0 Å². The van der Waals surface area contributed by atoms with E-state index in [1.165, 1.54) is 0 Å². The van der Waals surface area contributed by atoms with Gasteiger partial charge in [-0.1, -0.05) is 18.2 Å². The van der Waals surface area contributed by atoms with Gasteiger partial charge in [-0.05, 0) is 45.9 Å². The Labute approximate surface area is 129 Å². The molecular weight excluding hydrogens is 284 g/mol. The second kappa shape index (κ2) is 12.8. The van der Waals surface area contributed by atoms with Crippen molar-refractivity contribution in [2.75, 3.05) is 32.1 Å². The molecule has 122 valence electrons. The van der Waals surface area contributed by atoms with Crippen LogP contribution in [0.25, 0.3) is 0 Å². The summed E-state index contributed by atoms with van der Waals surface area (Å²) in [7, 11) is -2.40. The number of hydrogen-bond acceptors (Lipinski definition) is 5. The number of hydrogen-bond donors (Lipinski definition) is 2. The molecule has 1 aromatic carbocycles. The molecule has 1 aromatic rings. The fourth-order valence-electron chi connectivity index (χ4n) is 1.77. The molecule has 0 aliphatic heterocycles. The van der Waals surface area contributed by atoms with Crippen LogP contribution < -0.4 is 11.5 Å². The van der Waals surface area contributed by atoms with E-state index in [4.69, 9.17) is 24.7 Å². The fourth-order valence-corrected chi connectivity index (χ4v) is 4.41. The van der Waals surface area contributed by atoms with E-state index in [1.807, 2.05) is 51.1 Å². The standard InChI is InChI=1S/C9H23NO3Si.C6H7N/c1-4-11-14(12-5-2,13-6-3)9-7-8-10;7-6-4-2-1-3-5-6/h4-10H2,1-3H3;1-5H,7H2. The smallest absolute Gasteiger partial charge is 0.399 e. The number of nitrogen functional groups attached to an aromatic ring is 1. The monoisotopic (exact) mass is 314 g/mol. The molecule has 0 heterocycles. The number of nitrogens with two attached hydrogens (primary N) is 2. The Balaban J connectivity index is 0.000000471. The van der Waals surface area contributed by atoms with E-state index in [9.17, 15) is 0 Å². The summed E-state index contributed by atoms with van der Waals surface area (Å²) in [6.45, 7) is 8.44. The number of benzene rings is 1. The summed E-state index contributed by atoms with van der Waals surface area (Å²) in [5.74, 6) is 0. The summed E-state index contributed by atoms with van der Waals surface area (Å²) in [6.07, 6.45) is 0.895. The Morgan fingerprint density at radius 1 is 0.905 bits per heavy atom. The van der Waals surface area contributed by atoms with Gasteiger partial charge in [0.05, 0.1) is 0 Å². The first-order valence-electron chi connectivity index (χ1n) is 7.56. The highest BCUT2D eigenvalue weighted by Crippen LogP contribution is 2.17. The van der Waals surface area contributed by atoms with Gasteiger partial charge in [0.15, 0.2) is 0 Å². The van der Waals surface area contributed by atoms with Crippen LogP contribution in [0.5, 0.6) is 0 Å². The first kappa shape index (κ1) is 20.1. The largest absolute Gasteiger partial charge is 0.500 e. The summed E-state index contributed by atoms with van der Waals surface area (Å²) in [6, 6.07) is 10.3. The molecule has 0 spiro atoms. The molecule has 0 atom stereocenters. The molecule has 0 fully saturated rings. The van der Waals surface area contributed by atoms with Crippen molar-refractivity contribution in [1.82, 2.24) is 0 Å². The van der Waals surface area contributed by atoms with Crippen molar-refractivity contribution in [1.29, 1.82) is 0 Å². The third-order valence-corrected chi connectivity index (χ3v) is 5.73. The molecule has 0 saturated carbocycles. The quantitative estimate of drug-likeness (QED) is 0.541. The molecule has 5 nitrogen and oxygen atoms in total. The van der Waals surface area contributed by atoms with Gasteiger partial charge in [0, 0.05) is 31.6 Å². The minimum Gasteiger partial charge on any atom is -0.399 e. The minimum absolute atomic E-state index is 0.636. The molecule has 0 unspecified atom stereocenters. The average Bonchev–Trinajstić information content (AvgIpc) is 2.47. The molecule has 0 aliphatic rings. The Bertz CT molecular complexity index is 322. The molecule has 6 heteroatoms. The lowest BCUT2D eigenvalue weighted by atomic mass is 10.3. The van der Waals surface area contributed by atoms with Gasteiger partial charge in [-0.3, -0.25) is 0 Å². The fraction of sp³-hybridized carbons (Fsp3) is 0.600. The average molecular weight is 315 g/mol. The number of anilines is 1. The van der Waals surface area contributed by atoms with Crippen LogP contribution in [0, 0.1) is 0 Å². The second-order valence-electron chi connectivity index (χ2n) is 4.28. The van der Waals surface area contributed by atoms with Gasteiger partial charge in [-0.25, -0.2) is 0 Å². The first-order chi connectivity index (χ1) is 10.1. The molecule has 0 aromatic heterocycles. The first-order valence-corrected chi connectivity index (χ1v) is 9.49. The van der Waals surface area contributed by atoms with Crippen LogP contribution in [0.2, 0.25) is 6.04 Å². The maximum atomic E-state index is 5.65. The Kier molecular flexibility index (Phi) is 12.2. The molecule has 0 radical (unpaired) electrons. The van der Waals surface area contributed by atoms with E-state index in [0.29, 0.717) is 26.4 Å². The van der Waals surface area contributed by atoms with Crippen molar-refractivity contribution < 1.29 is 13.3 Å². The topological polar surface area (TPSA) is 79.7 Å². The second-order valence-corrected chi connectivity index (χ2v) is 7.02. The van der Waals surface area contributed by atoms with E-state index in [-0.39, 0.29) is 0 Å². The van der Waals surface area contributed by atoms with Crippen LogP contribution in [0.15, 0.2) is 30.3 Å². The summed E-state index contributed by atoms with van der Waals surface area (Å²) in [4.78, 5) is 0. The molecule has 4 N–H and O–H groups in total. The summed E-state index contributed by atoms with van der Waals surface area (Å²) in [5, 5.41) is 0. The molecule has 0 saturated heterocycles. The van der Waals surface area contributed by atoms with Gasteiger partial charge in [0.1, 0.15) is 0 Å². The Hall–Kier alpha value is -0.923. The maximum Gasteiger partial charge on any atom is 0.500 e. The van der Waals surface area contributed by atoms with Gasteiger partial charge in [-0.2, -0.15) is 0 Å². The Morgan fingerprint density at radius 2 is 1.38 bits per heavy atom. The zero-order valence-corrected chi connectivity index (χ0v) is 14.5. The molecule has 1 rings (SSSR count). The lowest BCUT2D eigenvalue weighted by molar-refractivity contribution is 0.0710. The summed E-state index contributed by atoms with van der Waals surface area (Å²) in [5.41, 5.74) is 11.7. The number of rotatable bonds is 9. The van der Waals surface area contributed by atoms with Crippen molar-refractivity contribution >= 4 is 14.5 Å². The van der Waals surface area contributed by atoms with E-state index >= 15 is 0 Å². The summed E-state index contributed by atoms with van der Waals surface area (Å²) >= 11 is 0. The Morgan fingerprint density at radius 3 is 1.67 bits per heavy atom. The summed E-state index contributed by atoms with van der Waals surface area (Å²) < 4.78 is 17.0. The van der Waals surface area contributed by atoms with Gasteiger partial charge in [-0.15, -0.1) is 0 Å². The van der Waals surface area contributed by atoms with Crippen molar-refractivity contribution in [3.05, 3.63) is 30.3 Å². The van der Waals surface area contributed by atoms with Gasteiger partial charge in [0.2, 0.25) is 0 Å². The lowest BCUT2D eigenvalue weighted by Gasteiger charge is -2.28. The maximum absolute atomic E-state index is 5.65. The van der Waals surface area contributed by atoms with Gasteiger partial charge < -0.3 is 24.7 Å². The molecule has 0 aliphatic carbocycles. The van der Waals surface area contributed by atoms with Crippen LogP contribution >= 0.6 is 0 Å². The predicted molar refractivity (Wildman–Crippen MR) is 90.0 cm³/mol. The molecule has 21 heavy (non-hydrogen) atoms. The SMILES string of the molecule is CCO[Si](CCCN)(OCC)OCC.Nc1ccccc1. The van der Waals surface area contributed by atoms with Crippen molar-refractivity contribution in [2.45, 2.75) is 33.2 Å². The zero-order valence-electron chi connectivity index (χ0n) is 13.5. The third-order valence-electron chi connectivity index (χ3n) is 2.58. The van der Waals surface area contributed by atoms with Gasteiger partial charge in [0.25, 0.3) is 0 Å². The van der Waals surface area contributed by atoms with E-state index in [2.05, 4.69) is 0 Å². The van der Waals surface area contributed by atoms with Crippen LogP contribution in [0.4, 0.5) is 5.69 Å². The molecule has 0 amide bonds. The predicted octanol–water partition coefficient (Wildman–Crippen LogP) is 2.65. The van der Waals surface area contributed by atoms with E-state index < -0.39 is 8.80 Å². The number of para-hydroxylation sites is 1. The van der Waals surface area contributed by atoms with E-state index in [0.717, 1.165) is 18.2 Å². The minimum atomic E-state index is -2.40. The van der Waals surface area contributed by atoms with Crippen molar-refractivity contribution in [3.8, 4) is 0 Å². The molecule has 0 bridgehead atoms. The zero-order chi connectivity index (χ0) is 16.0. The lowest BCUT2D eigenvalue weighted by Crippen LogP contribution is -2.46. The van der Waals surface area contributed by atoms with Crippen molar-refractivity contribution in [3.63, 3.8) is 0 Å². The van der Waals surface area contributed by atoms with Gasteiger partial charge >= 0.3 is 8.80 Å². The van der Waals surface area contributed by atoms with Crippen LogP contribution in [0.1, 0.15) is 27.2 Å². The molecular formula is C15H30N2O3Si. The highest BCUT2D eigenvalue weighted by atomic mass is 28.4. The normalized spacial score (nSPS) is 10.9. The highest BCUT2D eigenvalue weighted by molar-refractivity contribution is 6.60. The van der Waals surface area contributed by atoms with Crippen molar-refractivity contribution in [2.24, 2.45) is 5.73 Å². The van der Waals surface area contributed by atoms with Crippen LogP contribution in [-0.2, 0) is 13.3 Å². The third kappa shape index (κ3) is 9.60. The van der Waals surface area contributed by atoms with Crippen LogP contribution in [-0.4, -0.2) is 35.2 Å².